The van der Waals surface area contributed by atoms with Crippen LogP contribution in [-0.2, 0) is 9.53 Å². The second-order valence-corrected chi connectivity index (χ2v) is 4.73. The van der Waals surface area contributed by atoms with E-state index in [1.54, 1.807) is 13.0 Å². The first-order valence-electron chi connectivity index (χ1n) is 6.19. The van der Waals surface area contributed by atoms with Crippen molar-refractivity contribution in [3.8, 4) is 0 Å². The normalized spacial score (nSPS) is 14.0. The van der Waals surface area contributed by atoms with Gasteiger partial charge in [0.1, 0.15) is 6.54 Å². The number of halogens is 1. The Morgan fingerprint density at radius 1 is 1.53 bits per heavy atom. The minimum Gasteiger partial charge on any atom is -0.465 e. The molecule has 2 rings (SSSR count). The van der Waals surface area contributed by atoms with Gasteiger partial charge in [-0.3, -0.25) is 14.6 Å². The molecule has 5 nitrogen and oxygen atoms in total. The number of rotatable bonds is 5. The zero-order chi connectivity index (χ0) is 13.8. The fourth-order valence-corrected chi connectivity index (χ4v) is 1.97. The molecular weight excluding hydrogens is 268 g/mol. The van der Waals surface area contributed by atoms with E-state index < -0.39 is 5.97 Å². The van der Waals surface area contributed by atoms with Crippen LogP contribution in [0.3, 0.4) is 0 Å². The van der Waals surface area contributed by atoms with E-state index in [4.69, 9.17) is 16.3 Å². The molecule has 1 amide bonds. The molecule has 0 aliphatic heterocycles. The molecular formula is C13H15ClN2O3. The molecule has 1 aromatic heterocycles. The largest absolute Gasteiger partial charge is 0.465 e. The number of aromatic nitrogens is 1. The molecule has 1 aromatic rings. The number of hydrogen-bond donors (Lipinski definition) is 0. The summed E-state index contributed by atoms with van der Waals surface area (Å²) in [6.07, 6.45) is 4.75. The first kappa shape index (κ1) is 13.8. The SMILES string of the molecule is CCOC(=O)CN(C(=O)c1cnccc1Cl)C1CC1. The Kier molecular flexibility index (Phi) is 4.37. The lowest BCUT2D eigenvalue weighted by Crippen LogP contribution is -2.38. The van der Waals surface area contributed by atoms with Crippen molar-refractivity contribution in [1.29, 1.82) is 0 Å². The minimum absolute atomic E-state index is 0.0391. The van der Waals surface area contributed by atoms with Gasteiger partial charge in [-0.15, -0.1) is 0 Å². The molecule has 1 aliphatic rings. The Bertz CT molecular complexity index is 489. The van der Waals surface area contributed by atoms with E-state index in [1.807, 2.05) is 0 Å². The molecule has 0 unspecified atom stereocenters. The van der Waals surface area contributed by atoms with Crippen molar-refractivity contribution in [2.75, 3.05) is 13.2 Å². The zero-order valence-corrected chi connectivity index (χ0v) is 11.4. The summed E-state index contributed by atoms with van der Waals surface area (Å²) in [5, 5.41) is 0.342. The first-order valence-corrected chi connectivity index (χ1v) is 6.57. The number of carbonyl (C=O) groups excluding carboxylic acids is 2. The molecule has 1 saturated carbocycles. The molecule has 0 spiro atoms. The Balaban J connectivity index is 2.13. The number of pyridine rings is 1. The quantitative estimate of drug-likeness (QED) is 0.774. The molecule has 19 heavy (non-hydrogen) atoms. The number of ether oxygens (including phenoxy) is 1. The van der Waals surface area contributed by atoms with Crippen molar-refractivity contribution < 1.29 is 14.3 Å². The molecule has 0 N–H and O–H groups in total. The second-order valence-electron chi connectivity index (χ2n) is 4.32. The fraction of sp³-hybridized carbons (Fsp3) is 0.462. The third-order valence-electron chi connectivity index (χ3n) is 2.85. The van der Waals surface area contributed by atoms with Crippen LogP contribution in [0.4, 0.5) is 0 Å². The third-order valence-corrected chi connectivity index (χ3v) is 3.18. The monoisotopic (exact) mass is 282 g/mol. The van der Waals surface area contributed by atoms with Crippen LogP contribution in [0.5, 0.6) is 0 Å². The molecule has 1 heterocycles. The smallest absolute Gasteiger partial charge is 0.325 e. The lowest BCUT2D eigenvalue weighted by Gasteiger charge is -2.21. The van der Waals surface area contributed by atoms with Crippen LogP contribution in [0.25, 0.3) is 0 Å². The van der Waals surface area contributed by atoms with Gasteiger partial charge in [-0.25, -0.2) is 0 Å². The molecule has 1 aliphatic carbocycles. The third kappa shape index (κ3) is 3.44. The maximum absolute atomic E-state index is 12.4. The van der Waals surface area contributed by atoms with Gasteiger partial charge in [0.05, 0.1) is 17.2 Å². The highest BCUT2D eigenvalue weighted by molar-refractivity contribution is 6.33. The maximum atomic E-state index is 12.4. The highest BCUT2D eigenvalue weighted by Gasteiger charge is 2.35. The zero-order valence-electron chi connectivity index (χ0n) is 10.6. The van der Waals surface area contributed by atoms with E-state index >= 15 is 0 Å². The van der Waals surface area contributed by atoms with Crippen molar-refractivity contribution in [3.05, 3.63) is 29.0 Å². The molecule has 0 saturated heterocycles. The fourth-order valence-electron chi connectivity index (χ4n) is 1.79. The number of hydrogen-bond acceptors (Lipinski definition) is 4. The number of carbonyl (C=O) groups is 2. The van der Waals surface area contributed by atoms with Gasteiger partial charge in [0.2, 0.25) is 0 Å². The van der Waals surface area contributed by atoms with Crippen LogP contribution in [-0.4, -0.2) is 41.0 Å². The van der Waals surface area contributed by atoms with E-state index in [0.717, 1.165) is 12.8 Å². The van der Waals surface area contributed by atoms with E-state index in [9.17, 15) is 9.59 Å². The molecule has 102 valence electrons. The molecule has 1 fully saturated rings. The predicted octanol–water partition coefficient (Wildman–Crippen LogP) is 1.90. The Labute approximate surface area is 116 Å². The van der Waals surface area contributed by atoms with Crippen molar-refractivity contribution in [3.63, 3.8) is 0 Å². The molecule has 0 radical (unpaired) electrons. The highest BCUT2D eigenvalue weighted by atomic mass is 35.5. The van der Waals surface area contributed by atoms with Crippen LogP contribution < -0.4 is 0 Å². The second kappa shape index (κ2) is 6.02. The van der Waals surface area contributed by atoms with Crippen LogP contribution in [0.15, 0.2) is 18.5 Å². The van der Waals surface area contributed by atoms with Crippen molar-refractivity contribution >= 4 is 23.5 Å². The molecule has 0 bridgehead atoms. The van der Waals surface area contributed by atoms with Crippen molar-refractivity contribution in [2.45, 2.75) is 25.8 Å². The Morgan fingerprint density at radius 3 is 2.84 bits per heavy atom. The van der Waals surface area contributed by atoms with Gasteiger partial charge in [-0.2, -0.15) is 0 Å². The molecule has 0 aromatic carbocycles. The lowest BCUT2D eigenvalue weighted by molar-refractivity contribution is -0.144. The van der Waals surface area contributed by atoms with Crippen molar-refractivity contribution in [2.24, 2.45) is 0 Å². The summed E-state index contributed by atoms with van der Waals surface area (Å²) >= 11 is 5.98. The summed E-state index contributed by atoms with van der Waals surface area (Å²) in [5.41, 5.74) is 0.320. The molecule has 0 atom stereocenters. The van der Waals surface area contributed by atoms with E-state index in [2.05, 4.69) is 4.98 Å². The van der Waals surface area contributed by atoms with Crippen molar-refractivity contribution in [1.82, 2.24) is 9.88 Å². The van der Waals surface area contributed by atoms with E-state index in [0.29, 0.717) is 17.2 Å². The lowest BCUT2D eigenvalue weighted by atomic mass is 10.2. The average Bonchev–Trinajstić information content (AvgIpc) is 3.20. The summed E-state index contributed by atoms with van der Waals surface area (Å²) in [6, 6.07) is 1.66. The van der Waals surface area contributed by atoms with Gasteiger partial charge in [-0.05, 0) is 25.8 Å². The minimum atomic E-state index is -0.400. The maximum Gasteiger partial charge on any atom is 0.325 e. The summed E-state index contributed by atoms with van der Waals surface area (Å²) in [4.78, 5) is 29.3. The topological polar surface area (TPSA) is 59.5 Å². The van der Waals surface area contributed by atoms with Crippen LogP contribution in [0.1, 0.15) is 30.1 Å². The Hall–Kier alpha value is -1.62. The number of amides is 1. The van der Waals surface area contributed by atoms with Crippen LogP contribution >= 0.6 is 11.6 Å². The molecule has 6 heteroatoms. The van der Waals surface area contributed by atoms with Gasteiger partial charge in [-0.1, -0.05) is 11.6 Å². The van der Waals surface area contributed by atoms with Gasteiger partial charge in [0.15, 0.2) is 0 Å². The van der Waals surface area contributed by atoms with Crippen LogP contribution in [0, 0.1) is 0 Å². The number of esters is 1. The highest BCUT2D eigenvalue weighted by Crippen LogP contribution is 2.29. The summed E-state index contributed by atoms with van der Waals surface area (Å²) in [6.45, 7) is 2.00. The summed E-state index contributed by atoms with van der Waals surface area (Å²) in [5.74, 6) is -0.670. The van der Waals surface area contributed by atoms with Crippen LogP contribution in [0.2, 0.25) is 5.02 Å². The van der Waals surface area contributed by atoms with Gasteiger partial charge in [0.25, 0.3) is 5.91 Å². The standard InChI is InChI=1S/C13H15ClN2O3/c1-2-19-12(17)8-16(9-3-4-9)13(18)10-7-15-6-5-11(10)14/h5-7,9H,2-4,8H2,1H3. The van der Waals surface area contributed by atoms with E-state index in [1.165, 1.54) is 17.3 Å². The summed E-state index contributed by atoms with van der Waals surface area (Å²) < 4.78 is 4.89. The predicted molar refractivity (Wildman–Crippen MR) is 69.9 cm³/mol. The Morgan fingerprint density at radius 2 is 2.26 bits per heavy atom. The average molecular weight is 283 g/mol. The van der Waals surface area contributed by atoms with Gasteiger partial charge < -0.3 is 9.64 Å². The van der Waals surface area contributed by atoms with Gasteiger partial charge >= 0.3 is 5.97 Å². The first-order chi connectivity index (χ1) is 9.13. The van der Waals surface area contributed by atoms with E-state index in [-0.39, 0.29) is 18.5 Å². The number of nitrogens with zero attached hydrogens (tertiary/aromatic N) is 2. The van der Waals surface area contributed by atoms with Gasteiger partial charge in [0, 0.05) is 18.4 Å². The summed E-state index contributed by atoms with van der Waals surface area (Å²) in [7, 11) is 0.